The van der Waals surface area contributed by atoms with Crippen molar-refractivity contribution in [2.45, 2.75) is 12.8 Å². The topological polar surface area (TPSA) is 80.8 Å². The van der Waals surface area contributed by atoms with Gasteiger partial charge in [-0.25, -0.2) is 4.98 Å². The molecule has 8 heteroatoms. The van der Waals surface area contributed by atoms with Gasteiger partial charge < -0.3 is 19.7 Å². The van der Waals surface area contributed by atoms with Crippen LogP contribution in [0.2, 0.25) is 0 Å². The van der Waals surface area contributed by atoms with Crippen LogP contribution in [0.4, 0.5) is 5.82 Å². The Kier molecular flexibility index (Phi) is 6.51. The quantitative estimate of drug-likeness (QED) is 0.759. The number of benzene rings is 1. The van der Waals surface area contributed by atoms with Gasteiger partial charge in [0.15, 0.2) is 0 Å². The Balaban J connectivity index is 1.59. The number of carbonyl (C=O) groups is 2. The summed E-state index contributed by atoms with van der Waals surface area (Å²) in [5.41, 5.74) is 0.512. The van der Waals surface area contributed by atoms with Crippen LogP contribution in [0.15, 0.2) is 41.0 Å². The zero-order valence-corrected chi connectivity index (χ0v) is 17.4. The summed E-state index contributed by atoms with van der Waals surface area (Å²) in [5, 5.41) is 2.84. The van der Waals surface area contributed by atoms with Crippen LogP contribution in [-0.4, -0.2) is 49.0 Å². The average Bonchev–Trinajstić information content (AvgIpc) is 2.74. The van der Waals surface area contributed by atoms with Crippen LogP contribution in [0.25, 0.3) is 0 Å². The number of ether oxygens (including phenoxy) is 2. The van der Waals surface area contributed by atoms with E-state index in [0.29, 0.717) is 48.8 Å². The van der Waals surface area contributed by atoms with Crippen molar-refractivity contribution in [1.29, 1.82) is 0 Å². The molecule has 2 aromatic rings. The van der Waals surface area contributed by atoms with Crippen molar-refractivity contribution in [1.82, 2.24) is 9.88 Å². The lowest BCUT2D eigenvalue weighted by atomic mass is 9.95. The van der Waals surface area contributed by atoms with Crippen molar-refractivity contribution >= 4 is 33.6 Å². The van der Waals surface area contributed by atoms with E-state index in [9.17, 15) is 9.59 Å². The smallest absolute Gasteiger partial charge is 0.254 e. The number of hydrogen-bond donors (Lipinski definition) is 1. The van der Waals surface area contributed by atoms with Crippen LogP contribution < -0.4 is 14.8 Å². The van der Waals surface area contributed by atoms with Gasteiger partial charge in [0, 0.05) is 41.3 Å². The van der Waals surface area contributed by atoms with E-state index < -0.39 is 0 Å². The molecule has 1 saturated heterocycles. The molecule has 0 radical (unpaired) electrons. The molecule has 7 nitrogen and oxygen atoms in total. The molecule has 148 valence electrons. The number of pyridine rings is 1. The first kappa shape index (κ1) is 20.1. The molecule has 1 aromatic carbocycles. The molecule has 0 saturated carbocycles. The minimum atomic E-state index is -0.144. The molecule has 0 spiro atoms. The predicted molar refractivity (Wildman–Crippen MR) is 109 cm³/mol. The summed E-state index contributed by atoms with van der Waals surface area (Å²) in [4.78, 5) is 31.2. The van der Waals surface area contributed by atoms with E-state index in [4.69, 9.17) is 9.47 Å². The van der Waals surface area contributed by atoms with Crippen LogP contribution in [0.5, 0.6) is 11.5 Å². The molecule has 2 heterocycles. The number of halogens is 1. The Morgan fingerprint density at radius 1 is 1.11 bits per heavy atom. The predicted octanol–water partition coefficient (Wildman–Crippen LogP) is 3.35. The van der Waals surface area contributed by atoms with Crippen molar-refractivity contribution < 1.29 is 19.1 Å². The molecule has 1 aliphatic rings. The van der Waals surface area contributed by atoms with Crippen molar-refractivity contribution in [3.05, 3.63) is 46.6 Å². The number of carbonyl (C=O) groups excluding carboxylic acids is 2. The van der Waals surface area contributed by atoms with Gasteiger partial charge in [-0.1, -0.05) is 0 Å². The molecule has 28 heavy (non-hydrogen) atoms. The fourth-order valence-electron chi connectivity index (χ4n) is 3.14. The average molecular weight is 448 g/mol. The van der Waals surface area contributed by atoms with Gasteiger partial charge in [0.05, 0.1) is 14.2 Å². The standard InChI is InChI=1S/C20H22BrN3O4/c1-27-16-9-14(10-17(11-16)28-2)20(26)24-7-5-13(6-8-24)19(25)23-18-4-3-15(21)12-22-18/h3-4,9-13H,5-8H2,1-2H3,(H,22,23,25). The second-order valence-electron chi connectivity index (χ2n) is 6.52. The van der Waals surface area contributed by atoms with Gasteiger partial charge in [0.1, 0.15) is 17.3 Å². The summed E-state index contributed by atoms with van der Waals surface area (Å²) in [5.74, 6) is 1.36. The third kappa shape index (κ3) is 4.81. The van der Waals surface area contributed by atoms with Crippen molar-refractivity contribution in [2.75, 3.05) is 32.6 Å². The number of rotatable bonds is 5. The lowest BCUT2D eigenvalue weighted by Gasteiger charge is -2.31. The number of hydrogen-bond acceptors (Lipinski definition) is 5. The van der Waals surface area contributed by atoms with Crippen LogP contribution in [0.1, 0.15) is 23.2 Å². The van der Waals surface area contributed by atoms with Gasteiger partial charge in [-0.3, -0.25) is 9.59 Å². The maximum Gasteiger partial charge on any atom is 0.254 e. The molecule has 3 rings (SSSR count). The number of piperidine rings is 1. The Morgan fingerprint density at radius 3 is 2.29 bits per heavy atom. The first-order valence-electron chi connectivity index (χ1n) is 8.95. The van der Waals surface area contributed by atoms with Crippen LogP contribution in [0, 0.1) is 5.92 Å². The van der Waals surface area contributed by atoms with Crippen molar-refractivity contribution in [2.24, 2.45) is 5.92 Å². The molecule has 0 atom stereocenters. The van der Waals surface area contributed by atoms with Crippen LogP contribution in [0.3, 0.4) is 0 Å². The fraction of sp³-hybridized carbons (Fsp3) is 0.350. The van der Waals surface area contributed by atoms with E-state index in [0.717, 1.165) is 4.47 Å². The first-order valence-corrected chi connectivity index (χ1v) is 9.74. The van der Waals surface area contributed by atoms with Crippen molar-refractivity contribution in [3.63, 3.8) is 0 Å². The lowest BCUT2D eigenvalue weighted by molar-refractivity contribution is -0.121. The van der Waals surface area contributed by atoms with E-state index in [1.54, 1.807) is 49.6 Å². The van der Waals surface area contributed by atoms with Gasteiger partial charge >= 0.3 is 0 Å². The highest BCUT2D eigenvalue weighted by Crippen LogP contribution is 2.26. The molecule has 2 amide bonds. The number of nitrogens with one attached hydrogen (secondary N) is 1. The Hall–Kier alpha value is -2.61. The molecule has 0 bridgehead atoms. The molecule has 0 aliphatic carbocycles. The summed E-state index contributed by atoms with van der Waals surface area (Å²) < 4.78 is 11.3. The Bertz CT molecular complexity index is 827. The van der Waals surface area contributed by atoms with Gasteiger partial charge in [0.2, 0.25) is 5.91 Å². The highest BCUT2D eigenvalue weighted by atomic mass is 79.9. The highest BCUT2D eigenvalue weighted by molar-refractivity contribution is 9.10. The largest absolute Gasteiger partial charge is 0.497 e. The van der Waals surface area contributed by atoms with E-state index >= 15 is 0 Å². The normalized spacial score (nSPS) is 14.5. The maximum absolute atomic E-state index is 12.8. The summed E-state index contributed by atoms with van der Waals surface area (Å²) in [7, 11) is 3.10. The summed E-state index contributed by atoms with van der Waals surface area (Å²) in [6, 6.07) is 8.69. The van der Waals surface area contributed by atoms with E-state index in [1.165, 1.54) is 0 Å². The monoisotopic (exact) mass is 447 g/mol. The number of amides is 2. The van der Waals surface area contributed by atoms with E-state index in [2.05, 4.69) is 26.2 Å². The lowest BCUT2D eigenvalue weighted by Crippen LogP contribution is -2.41. The summed E-state index contributed by atoms with van der Waals surface area (Å²) in [6.45, 7) is 1.04. The summed E-state index contributed by atoms with van der Waals surface area (Å²) >= 11 is 3.32. The number of anilines is 1. The Labute approximate surface area is 172 Å². The third-order valence-corrected chi connectivity index (χ3v) is 5.20. The zero-order chi connectivity index (χ0) is 20.1. The van der Waals surface area contributed by atoms with Gasteiger partial charge in [-0.15, -0.1) is 0 Å². The van der Waals surface area contributed by atoms with Gasteiger partial charge in [-0.05, 0) is 53.0 Å². The number of likely N-dealkylation sites (tertiary alicyclic amines) is 1. The number of aromatic nitrogens is 1. The SMILES string of the molecule is COc1cc(OC)cc(C(=O)N2CCC(C(=O)Nc3ccc(Br)cn3)CC2)c1. The Morgan fingerprint density at radius 2 is 1.75 bits per heavy atom. The van der Waals surface area contributed by atoms with Crippen LogP contribution >= 0.6 is 15.9 Å². The minimum Gasteiger partial charge on any atom is -0.497 e. The highest BCUT2D eigenvalue weighted by Gasteiger charge is 2.28. The minimum absolute atomic E-state index is 0.0648. The summed E-state index contributed by atoms with van der Waals surface area (Å²) in [6.07, 6.45) is 2.85. The van der Waals surface area contributed by atoms with Gasteiger partial charge in [-0.2, -0.15) is 0 Å². The molecule has 0 unspecified atom stereocenters. The number of nitrogens with zero attached hydrogens (tertiary/aromatic N) is 2. The molecular weight excluding hydrogens is 426 g/mol. The maximum atomic E-state index is 12.8. The van der Waals surface area contributed by atoms with Crippen molar-refractivity contribution in [3.8, 4) is 11.5 Å². The second-order valence-corrected chi connectivity index (χ2v) is 7.43. The third-order valence-electron chi connectivity index (χ3n) is 4.73. The second kappa shape index (κ2) is 9.05. The molecule has 1 aromatic heterocycles. The molecule has 1 N–H and O–H groups in total. The van der Waals surface area contributed by atoms with Gasteiger partial charge in [0.25, 0.3) is 5.91 Å². The van der Waals surface area contributed by atoms with E-state index in [-0.39, 0.29) is 17.7 Å². The first-order chi connectivity index (χ1) is 13.5. The molecule has 1 fully saturated rings. The molecular formula is C20H22BrN3O4. The zero-order valence-electron chi connectivity index (χ0n) is 15.8. The van der Waals surface area contributed by atoms with E-state index in [1.807, 2.05) is 6.07 Å². The number of methoxy groups -OCH3 is 2. The fourth-order valence-corrected chi connectivity index (χ4v) is 3.37. The van der Waals surface area contributed by atoms with Crippen LogP contribution in [-0.2, 0) is 4.79 Å². The molecule has 1 aliphatic heterocycles.